The normalized spacial score (nSPS) is 10.3. The topological polar surface area (TPSA) is 58.9 Å². The maximum absolute atomic E-state index is 13.4. The Bertz CT molecular complexity index is 572. The lowest BCUT2D eigenvalue weighted by molar-refractivity contribution is 0.211. The van der Waals surface area contributed by atoms with Gasteiger partial charge in [-0.2, -0.15) is 0 Å². The lowest BCUT2D eigenvalue weighted by Gasteiger charge is -2.10. The Hall–Kier alpha value is -1.76. The van der Waals surface area contributed by atoms with Crippen molar-refractivity contribution in [1.29, 1.82) is 0 Å². The third-order valence-electron chi connectivity index (χ3n) is 2.70. The standard InChI is InChI=1S/C14H13BClFO4/c16-12-2-1-3-13(17)14(12)21-9-8-20-11-6-4-10(5-7-11)15(18)19/h1-7,18-19H,8-9H2. The summed E-state index contributed by atoms with van der Waals surface area (Å²) in [6.07, 6.45) is 0. The molecule has 0 saturated heterocycles. The third-order valence-corrected chi connectivity index (χ3v) is 2.99. The average Bonchev–Trinajstić information content (AvgIpc) is 2.46. The highest BCUT2D eigenvalue weighted by atomic mass is 35.5. The molecule has 21 heavy (non-hydrogen) atoms. The molecule has 0 heterocycles. The fourth-order valence-corrected chi connectivity index (χ4v) is 1.88. The van der Waals surface area contributed by atoms with E-state index in [4.69, 9.17) is 31.1 Å². The molecule has 0 aromatic heterocycles. The molecule has 4 nitrogen and oxygen atoms in total. The quantitative estimate of drug-likeness (QED) is 0.629. The summed E-state index contributed by atoms with van der Waals surface area (Å²) in [6, 6.07) is 10.6. The first-order valence-electron chi connectivity index (χ1n) is 6.23. The van der Waals surface area contributed by atoms with Gasteiger partial charge in [-0.15, -0.1) is 0 Å². The second-order valence-corrected chi connectivity index (χ2v) is 4.60. The predicted molar refractivity (Wildman–Crippen MR) is 78.7 cm³/mol. The molecule has 110 valence electrons. The zero-order chi connectivity index (χ0) is 15.2. The van der Waals surface area contributed by atoms with Crippen molar-refractivity contribution < 1.29 is 23.9 Å². The Morgan fingerprint density at radius 2 is 1.67 bits per heavy atom. The largest absolute Gasteiger partial charge is 0.490 e. The molecule has 0 aliphatic heterocycles. The van der Waals surface area contributed by atoms with Crippen LogP contribution in [-0.2, 0) is 0 Å². The van der Waals surface area contributed by atoms with E-state index < -0.39 is 12.9 Å². The van der Waals surface area contributed by atoms with Gasteiger partial charge in [0.1, 0.15) is 19.0 Å². The van der Waals surface area contributed by atoms with E-state index in [0.29, 0.717) is 11.2 Å². The van der Waals surface area contributed by atoms with Crippen LogP contribution in [0.15, 0.2) is 42.5 Å². The van der Waals surface area contributed by atoms with Crippen LogP contribution in [0, 0.1) is 5.82 Å². The Morgan fingerprint density at radius 1 is 1.00 bits per heavy atom. The minimum absolute atomic E-state index is 0.00141. The SMILES string of the molecule is OB(O)c1ccc(OCCOc2c(F)cccc2Cl)cc1. The van der Waals surface area contributed by atoms with Gasteiger partial charge in [-0.25, -0.2) is 4.39 Å². The molecular formula is C14H13BClFO4. The summed E-state index contributed by atoms with van der Waals surface area (Å²) in [7, 11) is -1.51. The number of para-hydroxylation sites is 1. The van der Waals surface area contributed by atoms with Gasteiger partial charge >= 0.3 is 7.12 Å². The first kappa shape index (κ1) is 15.6. The van der Waals surface area contributed by atoms with Crippen molar-refractivity contribution in [3.05, 3.63) is 53.3 Å². The molecule has 0 unspecified atom stereocenters. The van der Waals surface area contributed by atoms with Gasteiger partial charge in [-0.05, 0) is 29.7 Å². The fraction of sp³-hybridized carbons (Fsp3) is 0.143. The lowest BCUT2D eigenvalue weighted by atomic mass is 9.80. The molecule has 0 fully saturated rings. The molecule has 0 spiro atoms. The van der Waals surface area contributed by atoms with Crippen molar-refractivity contribution in [3.8, 4) is 11.5 Å². The molecular weight excluding hydrogens is 297 g/mol. The Labute approximate surface area is 126 Å². The van der Waals surface area contributed by atoms with Crippen molar-refractivity contribution in [2.45, 2.75) is 0 Å². The van der Waals surface area contributed by atoms with E-state index in [2.05, 4.69) is 0 Å². The van der Waals surface area contributed by atoms with Gasteiger partial charge in [0.2, 0.25) is 0 Å². The van der Waals surface area contributed by atoms with Crippen molar-refractivity contribution in [2.24, 2.45) is 0 Å². The van der Waals surface area contributed by atoms with E-state index in [1.165, 1.54) is 24.3 Å². The van der Waals surface area contributed by atoms with Crippen molar-refractivity contribution in [2.75, 3.05) is 13.2 Å². The molecule has 2 aromatic carbocycles. The van der Waals surface area contributed by atoms with Crippen LogP contribution in [-0.4, -0.2) is 30.4 Å². The van der Waals surface area contributed by atoms with Crippen LogP contribution in [0.3, 0.4) is 0 Å². The summed E-state index contributed by atoms with van der Waals surface area (Å²) >= 11 is 5.82. The summed E-state index contributed by atoms with van der Waals surface area (Å²) in [5.41, 5.74) is 0.372. The summed E-state index contributed by atoms with van der Waals surface area (Å²) in [5, 5.41) is 18.1. The second-order valence-electron chi connectivity index (χ2n) is 4.19. The van der Waals surface area contributed by atoms with Gasteiger partial charge in [-0.3, -0.25) is 0 Å². The molecule has 2 N–H and O–H groups in total. The van der Waals surface area contributed by atoms with Gasteiger partial charge < -0.3 is 19.5 Å². The summed E-state index contributed by atoms with van der Waals surface area (Å²) in [4.78, 5) is 0. The zero-order valence-electron chi connectivity index (χ0n) is 11.0. The van der Waals surface area contributed by atoms with Crippen LogP contribution in [0.2, 0.25) is 5.02 Å². The van der Waals surface area contributed by atoms with Crippen LogP contribution in [0.1, 0.15) is 0 Å². The minimum atomic E-state index is -1.51. The van der Waals surface area contributed by atoms with E-state index in [1.54, 1.807) is 18.2 Å². The van der Waals surface area contributed by atoms with Crippen LogP contribution in [0.4, 0.5) is 4.39 Å². The van der Waals surface area contributed by atoms with E-state index >= 15 is 0 Å². The molecule has 0 aliphatic rings. The van der Waals surface area contributed by atoms with Gasteiger partial charge in [0.15, 0.2) is 11.6 Å². The molecule has 2 rings (SSSR count). The molecule has 0 bridgehead atoms. The van der Waals surface area contributed by atoms with Gasteiger partial charge in [-0.1, -0.05) is 29.8 Å². The Morgan fingerprint density at radius 3 is 2.29 bits per heavy atom. The maximum Gasteiger partial charge on any atom is 0.488 e. The van der Waals surface area contributed by atoms with Crippen molar-refractivity contribution >= 4 is 24.2 Å². The number of ether oxygens (including phenoxy) is 2. The predicted octanol–water partition coefficient (Wildman–Crippen LogP) is 1.62. The van der Waals surface area contributed by atoms with Crippen molar-refractivity contribution in [3.63, 3.8) is 0 Å². The number of rotatable bonds is 6. The van der Waals surface area contributed by atoms with E-state index in [-0.39, 0.29) is 24.0 Å². The molecule has 7 heteroatoms. The molecule has 0 atom stereocenters. The number of benzene rings is 2. The minimum Gasteiger partial charge on any atom is -0.490 e. The highest BCUT2D eigenvalue weighted by Crippen LogP contribution is 2.27. The Kier molecular flexibility index (Phi) is 5.44. The summed E-state index contributed by atoms with van der Waals surface area (Å²) < 4.78 is 24.1. The smallest absolute Gasteiger partial charge is 0.488 e. The van der Waals surface area contributed by atoms with E-state index in [0.717, 1.165) is 0 Å². The molecule has 2 aromatic rings. The molecule has 0 saturated carbocycles. The van der Waals surface area contributed by atoms with Gasteiger partial charge in [0.05, 0.1) is 5.02 Å². The molecule has 0 aliphatic carbocycles. The average molecular weight is 311 g/mol. The zero-order valence-corrected chi connectivity index (χ0v) is 11.8. The lowest BCUT2D eigenvalue weighted by Crippen LogP contribution is -2.29. The monoisotopic (exact) mass is 310 g/mol. The van der Waals surface area contributed by atoms with Gasteiger partial charge in [0, 0.05) is 0 Å². The van der Waals surface area contributed by atoms with Crippen molar-refractivity contribution in [1.82, 2.24) is 0 Å². The second kappa shape index (κ2) is 7.31. The van der Waals surface area contributed by atoms with Crippen LogP contribution >= 0.6 is 11.6 Å². The summed E-state index contributed by atoms with van der Waals surface area (Å²) in [6.45, 7) is 0.330. The first-order chi connectivity index (χ1) is 10.1. The number of hydrogen-bond donors (Lipinski definition) is 2. The third kappa shape index (κ3) is 4.36. The van der Waals surface area contributed by atoms with E-state index in [1.807, 2.05) is 0 Å². The number of halogens is 2. The fourth-order valence-electron chi connectivity index (χ4n) is 1.66. The molecule has 0 radical (unpaired) electrons. The highest BCUT2D eigenvalue weighted by Gasteiger charge is 2.10. The molecule has 0 amide bonds. The first-order valence-corrected chi connectivity index (χ1v) is 6.61. The van der Waals surface area contributed by atoms with Crippen LogP contribution in [0.25, 0.3) is 0 Å². The highest BCUT2D eigenvalue weighted by molar-refractivity contribution is 6.58. The number of hydrogen-bond acceptors (Lipinski definition) is 4. The summed E-state index contributed by atoms with van der Waals surface area (Å²) in [5.74, 6) is 0.0212. The van der Waals surface area contributed by atoms with E-state index in [9.17, 15) is 4.39 Å². The Balaban J connectivity index is 1.82. The van der Waals surface area contributed by atoms with Crippen LogP contribution in [0.5, 0.6) is 11.5 Å². The van der Waals surface area contributed by atoms with Gasteiger partial charge in [0.25, 0.3) is 0 Å². The maximum atomic E-state index is 13.4. The van der Waals surface area contributed by atoms with Crippen LogP contribution < -0.4 is 14.9 Å².